The van der Waals surface area contributed by atoms with Gasteiger partial charge in [0.25, 0.3) is 0 Å². The molecule has 0 aromatic rings. The summed E-state index contributed by atoms with van der Waals surface area (Å²) in [6.45, 7) is 11.2. The van der Waals surface area contributed by atoms with Crippen molar-refractivity contribution >= 4 is 17.7 Å². The summed E-state index contributed by atoms with van der Waals surface area (Å²) in [5.74, 6) is 1.01. The zero-order chi connectivity index (χ0) is 15.2. The van der Waals surface area contributed by atoms with Crippen molar-refractivity contribution in [2.24, 2.45) is 4.99 Å². The molecule has 1 aliphatic rings. The first-order valence-corrected chi connectivity index (χ1v) is 8.87. The van der Waals surface area contributed by atoms with Crippen molar-refractivity contribution in [1.29, 1.82) is 0 Å². The Kier molecular flexibility index (Phi) is 7.17. The second-order valence-corrected chi connectivity index (χ2v) is 7.68. The second kappa shape index (κ2) is 8.13. The Bertz CT molecular complexity index is 317. The Morgan fingerprint density at radius 2 is 2.20 bits per heavy atom. The molecule has 1 N–H and O–H groups in total. The third-order valence-electron chi connectivity index (χ3n) is 4.19. The summed E-state index contributed by atoms with van der Waals surface area (Å²) in [4.78, 5) is 9.27. The van der Waals surface area contributed by atoms with Crippen LogP contribution >= 0.6 is 11.8 Å². The Morgan fingerprint density at radius 3 is 2.75 bits per heavy atom. The summed E-state index contributed by atoms with van der Waals surface area (Å²) in [6, 6.07) is 0.678. The minimum Gasteiger partial charge on any atom is -0.355 e. The predicted molar refractivity (Wildman–Crippen MR) is 91.9 cm³/mol. The fourth-order valence-electron chi connectivity index (χ4n) is 2.67. The molecular weight excluding hydrogens is 268 g/mol. The summed E-state index contributed by atoms with van der Waals surface area (Å²) < 4.78 is 0.236. The van der Waals surface area contributed by atoms with E-state index in [1.807, 2.05) is 18.8 Å². The summed E-state index contributed by atoms with van der Waals surface area (Å²) in [7, 11) is 4.02. The molecule has 1 unspecified atom stereocenters. The van der Waals surface area contributed by atoms with E-state index in [9.17, 15) is 0 Å². The van der Waals surface area contributed by atoms with Crippen molar-refractivity contribution in [1.82, 2.24) is 15.1 Å². The minimum absolute atomic E-state index is 0.236. The van der Waals surface area contributed by atoms with E-state index in [2.05, 4.69) is 54.2 Å². The molecule has 4 nitrogen and oxygen atoms in total. The molecule has 1 heterocycles. The molecule has 1 saturated heterocycles. The minimum atomic E-state index is 0.236. The van der Waals surface area contributed by atoms with Gasteiger partial charge in [-0.15, -0.1) is 0 Å². The van der Waals surface area contributed by atoms with E-state index < -0.39 is 0 Å². The van der Waals surface area contributed by atoms with Crippen LogP contribution in [0.2, 0.25) is 0 Å². The van der Waals surface area contributed by atoms with Gasteiger partial charge in [-0.25, -0.2) is 0 Å². The number of hydrogen-bond donors (Lipinski definition) is 1. The first kappa shape index (κ1) is 17.6. The lowest BCUT2D eigenvalue weighted by Crippen LogP contribution is -2.48. The summed E-state index contributed by atoms with van der Waals surface area (Å²) >= 11 is 1.88. The van der Waals surface area contributed by atoms with E-state index in [4.69, 9.17) is 0 Å². The van der Waals surface area contributed by atoms with E-state index in [1.165, 1.54) is 19.4 Å². The zero-order valence-corrected chi connectivity index (χ0v) is 14.9. The van der Waals surface area contributed by atoms with Crippen LogP contribution in [0.25, 0.3) is 0 Å². The number of nitrogens with zero attached hydrogens (tertiary/aromatic N) is 3. The Hall–Kier alpha value is -0.420. The van der Waals surface area contributed by atoms with Crippen molar-refractivity contribution in [2.75, 3.05) is 46.5 Å². The van der Waals surface area contributed by atoms with E-state index in [0.717, 1.165) is 25.6 Å². The molecule has 0 spiro atoms. The number of likely N-dealkylation sites (N-methyl/N-ethyl adjacent to an activating group) is 2. The summed E-state index contributed by atoms with van der Waals surface area (Å²) in [6.07, 6.45) is 4.80. The van der Waals surface area contributed by atoms with Gasteiger partial charge < -0.3 is 10.2 Å². The molecule has 0 bridgehead atoms. The fraction of sp³-hybridized carbons (Fsp3) is 0.933. The average Bonchev–Trinajstić information content (AvgIpc) is 2.86. The largest absolute Gasteiger partial charge is 0.355 e. The molecular formula is C15H32N4S. The SMILES string of the molecule is CCN1CCCC1CN(C)C(=NC)NCC(C)(C)SC. The van der Waals surface area contributed by atoms with Gasteiger partial charge in [0.05, 0.1) is 0 Å². The highest BCUT2D eigenvalue weighted by atomic mass is 32.2. The van der Waals surface area contributed by atoms with Crippen LogP contribution in [-0.2, 0) is 0 Å². The van der Waals surface area contributed by atoms with Crippen LogP contribution in [0.3, 0.4) is 0 Å². The molecule has 118 valence electrons. The molecule has 1 aliphatic heterocycles. The van der Waals surface area contributed by atoms with Gasteiger partial charge >= 0.3 is 0 Å². The summed E-state index contributed by atoms with van der Waals surface area (Å²) in [5.41, 5.74) is 0. The molecule has 0 aromatic heterocycles. The van der Waals surface area contributed by atoms with Crippen LogP contribution in [0.1, 0.15) is 33.6 Å². The van der Waals surface area contributed by atoms with Gasteiger partial charge in [-0.05, 0) is 46.0 Å². The lowest BCUT2D eigenvalue weighted by atomic mass is 10.2. The van der Waals surface area contributed by atoms with Gasteiger partial charge in [0, 0.05) is 38.0 Å². The molecule has 1 rings (SSSR count). The smallest absolute Gasteiger partial charge is 0.193 e. The third kappa shape index (κ3) is 5.17. The molecule has 0 amide bonds. The Morgan fingerprint density at radius 1 is 1.50 bits per heavy atom. The maximum Gasteiger partial charge on any atom is 0.193 e. The number of rotatable bonds is 6. The topological polar surface area (TPSA) is 30.9 Å². The molecule has 20 heavy (non-hydrogen) atoms. The van der Waals surface area contributed by atoms with Gasteiger partial charge in [-0.2, -0.15) is 11.8 Å². The standard InChI is InChI=1S/C15H32N4S/c1-7-19-10-8-9-13(19)11-18(5)14(16-4)17-12-15(2,3)20-6/h13H,7-12H2,1-6H3,(H,16,17). The van der Waals surface area contributed by atoms with Crippen LogP contribution in [0.5, 0.6) is 0 Å². The number of nitrogens with one attached hydrogen (secondary N) is 1. The van der Waals surface area contributed by atoms with Crippen LogP contribution < -0.4 is 5.32 Å². The van der Waals surface area contributed by atoms with Gasteiger partial charge in [0.1, 0.15) is 0 Å². The first-order chi connectivity index (χ1) is 9.43. The van der Waals surface area contributed by atoms with Crippen LogP contribution in [-0.4, -0.2) is 73.1 Å². The molecule has 1 fully saturated rings. The Labute approximate surface area is 129 Å². The molecule has 0 radical (unpaired) electrons. The van der Waals surface area contributed by atoms with Crippen LogP contribution in [0.4, 0.5) is 0 Å². The number of thioether (sulfide) groups is 1. The summed E-state index contributed by atoms with van der Waals surface area (Å²) in [5, 5.41) is 3.50. The quantitative estimate of drug-likeness (QED) is 0.601. The van der Waals surface area contributed by atoms with Crippen LogP contribution in [0, 0.1) is 0 Å². The van der Waals surface area contributed by atoms with Crippen molar-refractivity contribution < 1.29 is 0 Å². The first-order valence-electron chi connectivity index (χ1n) is 7.64. The molecule has 0 aliphatic carbocycles. The molecule has 1 atom stereocenters. The van der Waals surface area contributed by atoms with Gasteiger partial charge in [0.2, 0.25) is 0 Å². The van der Waals surface area contributed by atoms with Crippen molar-refractivity contribution in [3.05, 3.63) is 0 Å². The van der Waals surface area contributed by atoms with Crippen molar-refractivity contribution in [3.63, 3.8) is 0 Å². The highest BCUT2D eigenvalue weighted by molar-refractivity contribution is 7.99. The normalized spacial score (nSPS) is 21.3. The average molecular weight is 301 g/mol. The van der Waals surface area contributed by atoms with Crippen LogP contribution in [0.15, 0.2) is 4.99 Å². The second-order valence-electron chi connectivity index (χ2n) is 6.17. The Balaban J connectivity index is 2.49. The highest BCUT2D eigenvalue weighted by Gasteiger charge is 2.25. The zero-order valence-electron chi connectivity index (χ0n) is 14.1. The maximum absolute atomic E-state index is 4.42. The predicted octanol–water partition coefficient (Wildman–Crippen LogP) is 2.12. The van der Waals surface area contributed by atoms with Gasteiger partial charge in [0.15, 0.2) is 5.96 Å². The van der Waals surface area contributed by atoms with E-state index >= 15 is 0 Å². The van der Waals surface area contributed by atoms with Gasteiger partial charge in [-0.3, -0.25) is 9.89 Å². The number of likely N-dealkylation sites (tertiary alicyclic amines) is 1. The monoisotopic (exact) mass is 300 g/mol. The number of aliphatic imine (C=N–C) groups is 1. The van der Waals surface area contributed by atoms with E-state index in [0.29, 0.717) is 6.04 Å². The molecule has 0 aromatic carbocycles. The molecule has 0 saturated carbocycles. The number of guanidine groups is 1. The molecule has 5 heteroatoms. The van der Waals surface area contributed by atoms with E-state index in [1.54, 1.807) is 0 Å². The lowest BCUT2D eigenvalue weighted by Gasteiger charge is -2.31. The fourth-order valence-corrected chi connectivity index (χ4v) is 2.89. The van der Waals surface area contributed by atoms with Gasteiger partial charge in [-0.1, -0.05) is 6.92 Å². The third-order valence-corrected chi connectivity index (χ3v) is 5.44. The lowest BCUT2D eigenvalue weighted by molar-refractivity contribution is 0.232. The van der Waals surface area contributed by atoms with E-state index in [-0.39, 0.29) is 4.75 Å². The highest BCUT2D eigenvalue weighted by Crippen LogP contribution is 2.20. The maximum atomic E-state index is 4.42. The van der Waals surface area contributed by atoms with Crippen molar-refractivity contribution in [2.45, 2.75) is 44.4 Å². The number of hydrogen-bond acceptors (Lipinski definition) is 3. The van der Waals surface area contributed by atoms with Crippen molar-refractivity contribution in [3.8, 4) is 0 Å².